The Hall–Kier alpha value is -3.53. The van der Waals surface area contributed by atoms with Crippen molar-refractivity contribution in [2.45, 2.75) is 13.3 Å². The summed E-state index contributed by atoms with van der Waals surface area (Å²) < 4.78 is 18.8. The van der Waals surface area contributed by atoms with Crippen molar-refractivity contribution in [2.75, 3.05) is 30.0 Å². The molecule has 1 atom stereocenters. The molecule has 1 aliphatic rings. The Bertz CT molecular complexity index is 1110. The van der Waals surface area contributed by atoms with E-state index in [4.69, 9.17) is 9.47 Å². The molecule has 160 valence electrons. The lowest BCUT2D eigenvalue weighted by atomic mass is 10.1. The number of carbonyl (C=O) groups excluding carboxylic acids is 3. The normalized spacial score (nSPS) is 15.8. The minimum Gasteiger partial charge on any atom is -0.494 e. The summed E-state index contributed by atoms with van der Waals surface area (Å²) in [4.78, 5) is 38.5. The summed E-state index contributed by atoms with van der Waals surface area (Å²) in [5, 5.41) is 2.67. The van der Waals surface area contributed by atoms with Crippen molar-refractivity contribution in [3.63, 3.8) is 0 Å². The standard InChI is InChI=1S/C21H20N4O5S/c1-2-29-15-8-6-14(7-9-15)25-11-13(10-19(25)27)21(28)30-12-18(26)22-16-4-3-5-17-20(16)24-31-23-17/h3-9,13H,2,10-12H2,1H3,(H,22,26). The highest BCUT2D eigenvalue weighted by Crippen LogP contribution is 2.27. The quantitative estimate of drug-likeness (QED) is 0.562. The molecular formula is C21H20N4O5S. The lowest BCUT2D eigenvalue weighted by Crippen LogP contribution is -2.28. The third-order valence-corrected chi connectivity index (χ3v) is 5.37. The van der Waals surface area contributed by atoms with Crippen LogP contribution in [0.1, 0.15) is 13.3 Å². The highest BCUT2D eigenvalue weighted by Gasteiger charge is 2.36. The minimum atomic E-state index is -0.627. The summed E-state index contributed by atoms with van der Waals surface area (Å²) in [5.41, 5.74) is 2.45. The minimum absolute atomic E-state index is 0.0392. The SMILES string of the molecule is CCOc1ccc(N2CC(C(=O)OCC(=O)Nc3cccc4nsnc34)CC2=O)cc1. The fourth-order valence-electron chi connectivity index (χ4n) is 3.35. The third-order valence-electron chi connectivity index (χ3n) is 4.82. The van der Waals surface area contributed by atoms with Gasteiger partial charge in [-0.05, 0) is 43.3 Å². The lowest BCUT2D eigenvalue weighted by Gasteiger charge is -2.17. The van der Waals surface area contributed by atoms with Crippen LogP contribution in [-0.4, -0.2) is 46.3 Å². The number of fused-ring (bicyclic) bond motifs is 1. The number of aromatic nitrogens is 2. The van der Waals surface area contributed by atoms with Crippen LogP contribution >= 0.6 is 11.7 Å². The molecule has 2 amide bonds. The van der Waals surface area contributed by atoms with Crippen molar-refractivity contribution in [3.8, 4) is 5.75 Å². The second-order valence-corrected chi connectivity index (χ2v) is 7.45. The van der Waals surface area contributed by atoms with Gasteiger partial charge in [0.1, 0.15) is 16.8 Å². The number of amides is 2. The molecule has 0 spiro atoms. The first-order valence-electron chi connectivity index (χ1n) is 9.76. The van der Waals surface area contributed by atoms with Gasteiger partial charge in [-0.1, -0.05) is 6.07 Å². The Balaban J connectivity index is 1.31. The van der Waals surface area contributed by atoms with E-state index in [9.17, 15) is 14.4 Å². The number of ether oxygens (including phenoxy) is 2. The molecule has 4 rings (SSSR count). The molecule has 0 radical (unpaired) electrons. The van der Waals surface area contributed by atoms with Crippen LogP contribution < -0.4 is 15.0 Å². The molecule has 1 fully saturated rings. The maximum absolute atomic E-state index is 12.4. The van der Waals surface area contributed by atoms with Gasteiger partial charge in [0.15, 0.2) is 6.61 Å². The van der Waals surface area contributed by atoms with E-state index in [1.165, 1.54) is 4.90 Å². The second kappa shape index (κ2) is 9.09. The molecule has 31 heavy (non-hydrogen) atoms. The molecule has 3 aromatic rings. The zero-order chi connectivity index (χ0) is 21.8. The molecule has 1 unspecified atom stereocenters. The van der Waals surface area contributed by atoms with Gasteiger partial charge in [-0.2, -0.15) is 8.75 Å². The highest BCUT2D eigenvalue weighted by atomic mass is 32.1. The van der Waals surface area contributed by atoms with Crippen LogP contribution in [-0.2, 0) is 19.1 Å². The predicted molar refractivity (Wildman–Crippen MR) is 115 cm³/mol. The summed E-state index contributed by atoms with van der Waals surface area (Å²) in [6, 6.07) is 12.4. The van der Waals surface area contributed by atoms with E-state index in [0.717, 1.165) is 11.7 Å². The van der Waals surface area contributed by atoms with Gasteiger partial charge in [0.05, 0.1) is 29.9 Å². The van der Waals surface area contributed by atoms with E-state index in [-0.39, 0.29) is 18.9 Å². The van der Waals surface area contributed by atoms with Gasteiger partial charge in [0.2, 0.25) is 5.91 Å². The summed E-state index contributed by atoms with van der Waals surface area (Å²) in [7, 11) is 0. The average molecular weight is 440 g/mol. The number of hydrogen-bond donors (Lipinski definition) is 1. The Morgan fingerprint density at radius 3 is 2.77 bits per heavy atom. The van der Waals surface area contributed by atoms with Crippen molar-refractivity contribution in [3.05, 3.63) is 42.5 Å². The summed E-state index contributed by atoms with van der Waals surface area (Å²) in [5.74, 6) is -1.15. The summed E-state index contributed by atoms with van der Waals surface area (Å²) in [6.07, 6.45) is 0.0392. The van der Waals surface area contributed by atoms with Gasteiger partial charge in [-0.3, -0.25) is 14.4 Å². The van der Waals surface area contributed by atoms with Crippen LogP contribution in [0.25, 0.3) is 11.0 Å². The average Bonchev–Trinajstić information content (AvgIpc) is 3.40. The maximum atomic E-state index is 12.4. The molecule has 2 aromatic carbocycles. The van der Waals surface area contributed by atoms with Gasteiger partial charge < -0.3 is 19.7 Å². The highest BCUT2D eigenvalue weighted by molar-refractivity contribution is 7.00. The predicted octanol–water partition coefficient (Wildman–Crippen LogP) is 2.62. The topological polar surface area (TPSA) is 111 Å². The van der Waals surface area contributed by atoms with E-state index in [1.807, 2.05) is 6.92 Å². The van der Waals surface area contributed by atoms with Crippen molar-refractivity contribution >= 4 is 51.9 Å². The van der Waals surface area contributed by atoms with Crippen LogP contribution in [0, 0.1) is 5.92 Å². The Kier molecular flexibility index (Phi) is 6.08. The largest absolute Gasteiger partial charge is 0.494 e. The summed E-state index contributed by atoms with van der Waals surface area (Å²) in [6.45, 7) is 2.21. The molecule has 10 heteroatoms. The van der Waals surface area contributed by atoms with E-state index in [2.05, 4.69) is 14.1 Å². The Morgan fingerprint density at radius 2 is 2.00 bits per heavy atom. The second-order valence-electron chi connectivity index (χ2n) is 6.93. The molecule has 9 nitrogen and oxygen atoms in total. The molecule has 1 N–H and O–H groups in total. The fourth-order valence-corrected chi connectivity index (χ4v) is 3.90. The number of nitrogens with one attached hydrogen (secondary N) is 1. The number of anilines is 2. The van der Waals surface area contributed by atoms with Gasteiger partial charge in [0, 0.05) is 18.7 Å². The lowest BCUT2D eigenvalue weighted by molar-refractivity contribution is -0.151. The first kappa shape index (κ1) is 20.7. The van der Waals surface area contributed by atoms with Gasteiger partial charge in [0.25, 0.3) is 5.91 Å². The van der Waals surface area contributed by atoms with Crippen LogP contribution in [0.5, 0.6) is 5.75 Å². The molecule has 1 aliphatic heterocycles. The molecule has 0 aliphatic carbocycles. The van der Waals surface area contributed by atoms with Crippen LogP contribution in [0.15, 0.2) is 42.5 Å². The van der Waals surface area contributed by atoms with Gasteiger partial charge in [-0.25, -0.2) is 0 Å². The molecule has 0 bridgehead atoms. The van der Waals surface area contributed by atoms with E-state index < -0.39 is 24.4 Å². The van der Waals surface area contributed by atoms with Crippen molar-refractivity contribution in [1.29, 1.82) is 0 Å². The van der Waals surface area contributed by atoms with Crippen LogP contribution in [0.3, 0.4) is 0 Å². The van der Waals surface area contributed by atoms with E-state index in [0.29, 0.717) is 34.8 Å². The summed E-state index contributed by atoms with van der Waals surface area (Å²) >= 11 is 1.05. The Morgan fingerprint density at radius 1 is 1.19 bits per heavy atom. The monoisotopic (exact) mass is 440 g/mol. The van der Waals surface area contributed by atoms with Crippen LogP contribution in [0.2, 0.25) is 0 Å². The number of hydrogen-bond acceptors (Lipinski definition) is 8. The molecule has 0 saturated carbocycles. The number of nitrogens with zero attached hydrogens (tertiary/aromatic N) is 3. The van der Waals surface area contributed by atoms with Crippen molar-refractivity contribution in [1.82, 2.24) is 8.75 Å². The van der Waals surface area contributed by atoms with Crippen molar-refractivity contribution in [2.24, 2.45) is 5.92 Å². The molecule has 1 aromatic heterocycles. The zero-order valence-corrected chi connectivity index (χ0v) is 17.6. The molecule has 2 heterocycles. The number of rotatable bonds is 7. The Labute approximate surface area is 182 Å². The third kappa shape index (κ3) is 4.64. The first-order valence-corrected chi connectivity index (χ1v) is 10.5. The van der Waals surface area contributed by atoms with Gasteiger partial charge >= 0.3 is 5.97 Å². The number of benzene rings is 2. The van der Waals surface area contributed by atoms with Gasteiger partial charge in [-0.15, -0.1) is 0 Å². The number of carbonyl (C=O) groups is 3. The smallest absolute Gasteiger partial charge is 0.311 e. The molecule has 1 saturated heterocycles. The molecular weight excluding hydrogens is 420 g/mol. The van der Waals surface area contributed by atoms with E-state index >= 15 is 0 Å². The maximum Gasteiger partial charge on any atom is 0.311 e. The van der Waals surface area contributed by atoms with E-state index in [1.54, 1.807) is 42.5 Å². The first-order chi connectivity index (χ1) is 15.0. The van der Waals surface area contributed by atoms with Crippen molar-refractivity contribution < 1.29 is 23.9 Å². The zero-order valence-electron chi connectivity index (χ0n) is 16.7. The van der Waals surface area contributed by atoms with Crippen LogP contribution in [0.4, 0.5) is 11.4 Å². The number of esters is 1. The fraction of sp³-hybridized carbons (Fsp3) is 0.286.